The van der Waals surface area contributed by atoms with Crippen molar-refractivity contribution in [2.45, 2.75) is 20.4 Å². The minimum atomic E-state index is -0.899. The zero-order valence-electron chi connectivity index (χ0n) is 7.69. The van der Waals surface area contributed by atoms with Crippen molar-refractivity contribution >= 4 is 12.0 Å². The van der Waals surface area contributed by atoms with Crippen LogP contribution < -0.4 is 0 Å². The molecule has 1 aromatic rings. The van der Waals surface area contributed by atoms with Gasteiger partial charge in [0.05, 0.1) is 5.69 Å². The molecule has 1 rings (SSSR count). The Hall–Kier alpha value is -1.58. The molecule has 0 unspecified atom stereocenters. The van der Waals surface area contributed by atoms with Crippen LogP contribution in [0.1, 0.15) is 19.5 Å². The predicted molar refractivity (Wildman–Crippen MR) is 49.2 cm³/mol. The van der Waals surface area contributed by atoms with Gasteiger partial charge in [-0.05, 0) is 26.0 Å². The van der Waals surface area contributed by atoms with Crippen LogP contribution in [0.2, 0.25) is 0 Å². The Balaban J connectivity index is 2.96. The van der Waals surface area contributed by atoms with Gasteiger partial charge < -0.3 is 5.11 Å². The number of carbonyl (C=O) groups is 1. The van der Waals surface area contributed by atoms with Crippen molar-refractivity contribution in [3.8, 4) is 0 Å². The molecular formula is C9H12N2O2. The number of hydrogen-bond acceptors (Lipinski definition) is 2. The Morgan fingerprint density at radius 3 is 3.00 bits per heavy atom. The Labute approximate surface area is 76.5 Å². The molecule has 0 atom stereocenters. The zero-order chi connectivity index (χ0) is 9.84. The lowest BCUT2D eigenvalue weighted by atomic mass is 10.2. The fraction of sp³-hybridized carbons (Fsp3) is 0.333. The van der Waals surface area contributed by atoms with Crippen molar-refractivity contribution in [3.63, 3.8) is 0 Å². The van der Waals surface area contributed by atoms with E-state index in [1.807, 2.05) is 6.92 Å². The summed E-state index contributed by atoms with van der Waals surface area (Å²) in [5, 5.41) is 12.7. The first-order chi connectivity index (χ1) is 6.15. The summed E-state index contributed by atoms with van der Waals surface area (Å²) in [5.41, 5.74) is 1.14. The topological polar surface area (TPSA) is 55.1 Å². The van der Waals surface area contributed by atoms with Gasteiger partial charge in [-0.1, -0.05) is 0 Å². The van der Waals surface area contributed by atoms with Gasteiger partial charge in [-0.25, -0.2) is 4.79 Å². The molecule has 0 aliphatic heterocycles. The second-order valence-corrected chi connectivity index (χ2v) is 2.70. The summed E-state index contributed by atoms with van der Waals surface area (Å²) < 4.78 is 1.74. The quantitative estimate of drug-likeness (QED) is 0.715. The molecule has 0 aliphatic carbocycles. The van der Waals surface area contributed by atoms with Gasteiger partial charge in [-0.2, -0.15) is 5.10 Å². The van der Waals surface area contributed by atoms with Crippen molar-refractivity contribution in [1.82, 2.24) is 9.78 Å². The largest absolute Gasteiger partial charge is 0.478 e. The Kier molecular flexibility index (Phi) is 2.84. The zero-order valence-corrected chi connectivity index (χ0v) is 7.69. The van der Waals surface area contributed by atoms with Crippen LogP contribution >= 0.6 is 0 Å². The second-order valence-electron chi connectivity index (χ2n) is 2.70. The van der Waals surface area contributed by atoms with Crippen molar-refractivity contribution in [3.05, 3.63) is 23.5 Å². The van der Waals surface area contributed by atoms with Crippen molar-refractivity contribution in [1.29, 1.82) is 0 Å². The first-order valence-electron chi connectivity index (χ1n) is 4.08. The summed E-state index contributed by atoms with van der Waals surface area (Å²) in [4.78, 5) is 10.5. The number of hydrogen-bond donors (Lipinski definition) is 1. The first kappa shape index (κ1) is 9.51. The highest BCUT2D eigenvalue weighted by Crippen LogP contribution is 2.05. The van der Waals surface area contributed by atoms with Crippen LogP contribution in [0.4, 0.5) is 0 Å². The number of rotatable bonds is 3. The van der Waals surface area contributed by atoms with E-state index < -0.39 is 5.97 Å². The van der Waals surface area contributed by atoms with E-state index in [0.29, 0.717) is 5.57 Å². The average molecular weight is 180 g/mol. The smallest absolute Gasteiger partial charge is 0.331 e. The summed E-state index contributed by atoms with van der Waals surface area (Å²) >= 11 is 0. The van der Waals surface area contributed by atoms with E-state index in [9.17, 15) is 4.79 Å². The van der Waals surface area contributed by atoms with Gasteiger partial charge in [0.15, 0.2) is 0 Å². The van der Waals surface area contributed by atoms with Crippen LogP contribution in [0, 0.1) is 0 Å². The molecule has 13 heavy (non-hydrogen) atoms. The fourth-order valence-corrected chi connectivity index (χ4v) is 1.01. The lowest BCUT2D eigenvalue weighted by Gasteiger charge is -1.99. The van der Waals surface area contributed by atoms with Crippen molar-refractivity contribution in [2.24, 2.45) is 0 Å². The molecule has 70 valence electrons. The molecule has 1 heterocycles. The molecule has 1 aromatic heterocycles. The van der Waals surface area contributed by atoms with E-state index in [0.717, 1.165) is 12.2 Å². The lowest BCUT2D eigenvalue weighted by molar-refractivity contribution is -0.132. The van der Waals surface area contributed by atoms with E-state index in [2.05, 4.69) is 5.10 Å². The Morgan fingerprint density at radius 1 is 1.77 bits per heavy atom. The molecule has 0 fully saturated rings. The molecule has 0 aromatic carbocycles. The summed E-state index contributed by atoms with van der Waals surface area (Å²) in [6.45, 7) is 4.27. The van der Waals surface area contributed by atoms with E-state index in [1.165, 1.54) is 0 Å². The van der Waals surface area contributed by atoms with E-state index in [-0.39, 0.29) is 0 Å². The normalized spacial score (nSPS) is 11.7. The number of carboxylic acid groups (broad SMARTS) is 1. The van der Waals surface area contributed by atoms with Gasteiger partial charge in [0, 0.05) is 18.3 Å². The third kappa shape index (κ3) is 2.18. The minimum absolute atomic E-state index is 0.315. The van der Waals surface area contributed by atoms with Crippen molar-refractivity contribution < 1.29 is 9.90 Å². The van der Waals surface area contributed by atoms with Crippen LogP contribution in [0.5, 0.6) is 0 Å². The summed E-state index contributed by atoms with van der Waals surface area (Å²) in [6, 6.07) is 1.79. The number of carboxylic acids is 1. The Morgan fingerprint density at radius 2 is 2.46 bits per heavy atom. The van der Waals surface area contributed by atoms with Crippen LogP contribution in [0.25, 0.3) is 6.08 Å². The summed E-state index contributed by atoms with van der Waals surface area (Å²) in [5.74, 6) is -0.899. The van der Waals surface area contributed by atoms with Crippen LogP contribution in [0.3, 0.4) is 0 Å². The summed E-state index contributed by atoms with van der Waals surface area (Å²) in [7, 11) is 0. The van der Waals surface area contributed by atoms with Crippen LogP contribution in [-0.2, 0) is 11.3 Å². The standard InChI is InChI=1S/C9H12N2O2/c1-3-11-8(4-5-10-11)6-7(2)9(12)13/h4-6H,3H2,1-2H3,(H,12,13)/b7-6-. The number of nitrogens with zero attached hydrogens (tertiary/aromatic N) is 2. The molecule has 4 heteroatoms. The molecular weight excluding hydrogens is 168 g/mol. The van der Waals surface area contributed by atoms with Crippen molar-refractivity contribution in [2.75, 3.05) is 0 Å². The molecule has 0 saturated carbocycles. The van der Waals surface area contributed by atoms with Gasteiger partial charge in [0.2, 0.25) is 0 Å². The van der Waals surface area contributed by atoms with Gasteiger partial charge in [-0.15, -0.1) is 0 Å². The SMILES string of the molecule is CCn1nccc1/C=C(/C)C(=O)O. The average Bonchev–Trinajstić information content (AvgIpc) is 2.51. The minimum Gasteiger partial charge on any atom is -0.478 e. The number of aryl methyl sites for hydroxylation is 1. The van der Waals surface area contributed by atoms with E-state index in [4.69, 9.17) is 5.11 Å². The summed E-state index contributed by atoms with van der Waals surface area (Å²) in [6.07, 6.45) is 3.27. The van der Waals surface area contributed by atoms with Gasteiger partial charge in [0.1, 0.15) is 0 Å². The van der Waals surface area contributed by atoms with Gasteiger partial charge in [0.25, 0.3) is 0 Å². The van der Waals surface area contributed by atoms with E-state index in [1.54, 1.807) is 29.9 Å². The molecule has 0 saturated heterocycles. The maximum absolute atomic E-state index is 10.5. The highest BCUT2D eigenvalue weighted by atomic mass is 16.4. The predicted octanol–water partition coefficient (Wildman–Crippen LogP) is 1.39. The molecule has 0 bridgehead atoms. The maximum Gasteiger partial charge on any atom is 0.331 e. The Bertz CT molecular complexity index is 339. The van der Waals surface area contributed by atoms with Gasteiger partial charge in [-0.3, -0.25) is 4.68 Å². The van der Waals surface area contributed by atoms with Crippen LogP contribution in [-0.4, -0.2) is 20.9 Å². The first-order valence-corrected chi connectivity index (χ1v) is 4.08. The second kappa shape index (κ2) is 3.89. The molecule has 0 spiro atoms. The number of aliphatic carboxylic acids is 1. The monoisotopic (exact) mass is 180 g/mol. The van der Waals surface area contributed by atoms with Crippen LogP contribution in [0.15, 0.2) is 17.8 Å². The van der Waals surface area contributed by atoms with E-state index >= 15 is 0 Å². The third-order valence-electron chi connectivity index (χ3n) is 1.75. The highest BCUT2D eigenvalue weighted by Gasteiger charge is 2.02. The third-order valence-corrected chi connectivity index (χ3v) is 1.75. The number of aromatic nitrogens is 2. The molecule has 0 aliphatic rings. The molecule has 1 N–H and O–H groups in total. The molecule has 0 amide bonds. The maximum atomic E-state index is 10.5. The fourth-order valence-electron chi connectivity index (χ4n) is 1.01. The highest BCUT2D eigenvalue weighted by molar-refractivity contribution is 5.91. The lowest BCUT2D eigenvalue weighted by Crippen LogP contribution is -2.01. The van der Waals surface area contributed by atoms with Gasteiger partial charge >= 0.3 is 5.97 Å². The molecule has 0 radical (unpaired) electrons. The molecule has 4 nitrogen and oxygen atoms in total.